The van der Waals surface area contributed by atoms with Gasteiger partial charge in [0, 0.05) is 6.42 Å². The molecule has 0 bridgehead atoms. The minimum Gasteiger partial charge on any atom is -0.326 e. The van der Waals surface area contributed by atoms with E-state index < -0.39 is 24.2 Å². The molecule has 0 spiro atoms. The van der Waals surface area contributed by atoms with Crippen molar-refractivity contribution in [2.24, 2.45) is 0 Å². The largest absolute Gasteiger partial charge is 0.326 e. The topological polar surface area (TPSA) is 37.4 Å². The Morgan fingerprint density at radius 1 is 1.54 bits per heavy atom. The zero-order valence-corrected chi connectivity index (χ0v) is 7.43. The van der Waals surface area contributed by atoms with Crippen LogP contribution in [0.2, 0.25) is 0 Å². The Labute approximate surface area is 78.6 Å². The summed E-state index contributed by atoms with van der Waals surface area (Å²) in [6, 6.07) is -2.96. The maximum atomic E-state index is 12.7. The van der Waals surface area contributed by atoms with Crippen LogP contribution in [0.5, 0.6) is 0 Å². The van der Waals surface area contributed by atoms with Gasteiger partial charge in [-0.1, -0.05) is 0 Å². The van der Waals surface area contributed by atoms with Gasteiger partial charge in [-0.2, -0.15) is 4.39 Å². The Hall–Kier alpha value is -0.710. The van der Waals surface area contributed by atoms with Crippen LogP contribution < -0.4 is 0 Å². The summed E-state index contributed by atoms with van der Waals surface area (Å²) < 4.78 is 25.0. The average molecular weight is 212 g/mol. The summed E-state index contributed by atoms with van der Waals surface area (Å²) in [5, 5.41) is 0. The maximum Gasteiger partial charge on any atom is 0.323 e. The molecule has 0 aromatic rings. The van der Waals surface area contributed by atoms with Gasteiger partial charge in [0.15, 0.2) is 0 Å². The normalized spacial score (nSPS) is 27.8. The number of nitrogens with zero attached hydrogens (tertiary/aromatic N) is 1. The van der Waals surface area contributed by atoms with E-state index in [-0.39, 0.29) is 18.8 Å². The van der Waals surface area contributed by atoms with Crippen molar-refractivity contribution in [1.82, 2.24) is 4.90 Å². The van der Waals surface area contributed by atoms with Gasteiger partial charge in [-0.15, -0.1) is 11.6 Å². The van der Waals surface area contributed by atoms with Crippen molar-refractivity contribution in [1.29, 1.82) is 0 Å². The van der Waals surface area contributed by atoms with E-state index in [1.54, 1.807) is 0 Å². The zero-order valence-electron chi connectivity index (χ0n) is 6.67. The van der Waals surface area contributed by atoms with Crippen molar-refractivity contribution in [2.45, 2.75) is 18.6 Å². The first-order valence-electron chi connectivity index (χ1n) is 3.75. The number of amides is 1. The van der Waals surface area contributed by atoms with Gasteiger partial charge < -0.3 is 4.90 Å². The van der Waals surface area contributed by atoms with E-state index >= 15 is 0 Å². The molecule has 0 aliphatic carbocycles. The predicted molar refractivity (Wildman–Crippen MR) is 41.8 cm³/mol. The highest BCUT2D eigenvalue weighted by Crippen LogP contribution is 2.21. The molecule has 74 valence electrons. The number of hydrogen-bond acceptors (Lipinski definition) is 2. The highest BCUT2D eigenvalue weighted by atomic mass is 35.5. The van der Waals surface area contributed by atoms with Crippen LogP contribution >= 0.6 is 11.6 Å². The first-order valence-corrected chi connectivity index (χ1v) is 4.28. The number of likely N-dealkylation sites (tertiary alicyclic amines) is 1. The van der Waals surface area contributed by atoms with Gasteiger partial charge in [-0.3, -0.25) is 9.59 Å². The molecule has 1 aliphatic rings. The summed E-state index contributed by atoms with van der Waals surface area (Å²) in [4.78, 5) is 22.2. The van der Waals surface area contributed by atoms with Gasteiger partial charge in [-0.05, 0) is 0 Å². The van der Waals surface area contributed by atoms with Crippen LogP contribution in [0.1, 0.15) is 6.42 Å². The van der Waals surface area contributed by atoms with Crippen molar-refractivity contribution in [3.63, 3.8) is 0 Å². The van der Waals surface area contributed by atoms with Crippen LogP contribution in [0, 0.1) is 0 Å². The number of carbonyl (C=O) groups excluding carboxylic acids is 2. The molecule has 0 aromatic carbocycles. The summed E-state index contributed by atoms with van der Waals surface area (Å²) in [7, 11) is 0. The van der Waals surface area contributed by atoms with Gasteiger partial charge >= 0.3 is 6.04 Å². The molecule has 1 saturated heterocycles. The van der Waals surface area contributed by atoms with Crippen LogP contribution in [-0.2, 0) is 9.59 Å². The van der Waals surface area contributed by atoms with Gasteiger partial charge in [0.2, 0.25) is 5.91 Å². The van der Waals surface area contributed by atoms with Crippen molar-refractivity contribution >= 4 is 23.5 Å². The monoisotopic (exact) mass is 211 g/mol. The molecule has 1 amide bonds. The van der Waals surface area contributed by atoms with E-state index in [2.05, 4.69) is 0 Å². The molecule has 1 fully saturated rings. The van der Waals surface area contributed by atoms with E-state index in [0.717, 1.165) is 4.90 Å². The highest BCUT2D eigenvalue weighted by Gasteiger charge is 2.39. The fourth-order valence-corrected chi connectivity index (χ4v) is 1.51. The Balaban J connectivity index is 2.71. The van der Waals surface area contributed by atoms with E-state index in [0.29, 0.717) is 0 Å². The highest BCUT2D eigenvalue weighted by molar-refractivity contribution is 6.27. The van der Waals surface area contributed by atoms with Crippen LogP contribution in [0.15, 0.2) is 0 Å². The summed E-state index contributed by atoms with van der Waals surface area (Å²) in [5.74, 6) is -0.978. The second-order valence-electron chi connectivity index (χ2n) is 2.83. The standard InChI is InChI=1S/C7H8ClF2NO2/c8-2-6(12)11-3-4(9)1-5(11)7(10)13/h4-5H,1-3H2/t4-,5+/m1/s1. The molecule has 6 heteroatoms. The van der Waals surface area contributed by atoms with Gasteiger partial charge in [-0.25, -0.2) is 4.39 Å². The minimum absolute atomic E-state index is 0.244. The number of rotatable bonds is 2. The van der Waals surface area contributed by atoms with Crippen molar-refractivity contribution in [3.05, 3.63) is 0 Å². The zero-order chi connectivity index (χ0) is 10.0. The average Bonchev–Trinajstić information content (AvgIpc) is 2.46. The summed E-state index contributed by atoms with van der Waals surface area (Å²) in [5.41, 5.74) is 0. The lowest BCUT2D eigenvalue weighted by molar-refractivity contribution is -0.141. The van der Waals surface area contributed by atoms with Gasteiger partial charge in [0.05, 0.1) is 6.54 Å². The molecule has 0 N–H and O–H groups in total. The minimum atomic E-state index is -1.68. The molecule has 2 atom stereocenters. The van der Waals surface area contributed by atoms with Crippen molar-refractivity contribution in [2.75, 3.05) is 12.4 Å². The molecule has 0 unspecified atom stereocenters. The molecular weight excluding hydrogens is 204 g/mol. The summed E-state index contributed by atoms with van der Waals surface area (Å²) in [6.07, 6.45) is -1.60. The second kappa shape index (κ2) is 4.00. The number of hydrogen-bond donors (Lipinski definition) is 0. The smallest absolute Gasteiger partial charge is 0.323 e. The third kappa shape index (κ3) is 2.15. The molecular formula is C7H8ClF2NO2. The maximum absolute atomic E-state index is 12.7. The van der Waals surface area contributed by atoms with E-state index in [1.807, 2.05) is 0 Å². The molecule has 3 nitrogen and oxygen atoms in total. The van der Waals surface area contributed by atoms with Gasteiger partial charge in [0.1, 0.15) is 18.1 Å². The first kappa shape index (κ1) is 10.4. The lowest BCUT2D eigenvalue weighted by Gasteiger charge is -2.18. The molecule has 1 rings (SSSR count). The fraction of sp³-hybridized carbons (Fsp3) is 0.714. The quantitative estimate of drug-likeness (QED) is 0.497. The number of alkyl halides is 2. The Bertz CT molecular complexity index is 237. The van der Waals surface area contributed by atoms with E-state index in [4.69, 9.17) is 11.6 Å². The Kier molecular flexibility index (Phi) is 3.19. The van der Waals surface area contributed by atoms with Crippen molar-refractivity contribution < 1.29 is 18.4 Å². The third-order valence-electron chi connectivity index (χ3n) is 1.95. The Morgan fingerprint density at radius 2 is 2.15 bits per heavy atom. The van der Waals surface area contributed by atoms with Gasteiger partial charge in [0.25, 0.3) is 0 Å². The summed E-state index contributed by atoms with van der Waals surface area (Å²) >= 11 is 5.20. The first-order chi connectivity index (χ1) is 6.06. The molecule has 1 aliphatic heterocycles. The number of halogens is 3. The van der Waals surface area contributed by atoms with Crippen LogP contribution in [-0.4, -0.2) is 41.5 Å². The fourth-order valence-electron chi connectivity index (χ4n) is 1.35. The SMILES string of the molecule is O=C(F)[C@@H]1C[C@@H](F)CN1C(=O)CCl. The van der Waals surface area contributed by atoms with Crippen LogP contribution in [0.25, 0.3) is 0 Å². The van der Waals surface area contributed by atoms with E-state index in [9.17, 15) is 18.4 Å². The molecule has 1 heterocycles. The van der Waals surface area contributed by atoms with E-state index in [1.165, 1.54) is 0 Å². The second-order valence-corrected chi connectivity index (χ2v) is 3.10. The third-order valence-corrected chi connectivity index (χ3v) is 2.18. The molecule has 0 radical (unpaired) electrons. The van der Waals surface area contributed by atoms with Crippen LogP contribution in [0.4, 0.5) is 8.78 Å². The summed E-state index contributed by atoms with van der Waals surface area (Å²) in [6.45, 7) is -0.244. The lowest BCUT2D eigenvalue weighted by Crippen LogP contribution is -2.39. The molecule has 13 heavy (non-hydrogen) atoms. The van der Waals surface area contributed by atoms with Crippen LogP contribution in [0.3, 0.4) is 0 Å². The predicted octanol–water partition coefficient (Wildman–Crippen LogP) is 0.660. The van der Waals surface area contributed by atoms with Crippen molar-refractivity contribution in [3.8, 4) is 0 Å². The molecule has 0 saturated carbocycles. The lowest BCUT2D eigenvalue weighted by atomic mass is 10.2. The Morgan fingerprint density at radius 3 is 2.62 bits per heavy atom. The number of carbonyl (C=O) groups is 2. The molecule has 0 aromatic heterocycles.